The van der Waals surface area contributed by atoms with Gasteiger partial charge in [0, 0.05) is 23.0 Å². The lowest BCUT2D eigenvalue weighted by Gasteiger charge is -2.73. The fourth-order valence-electron chi connectivity index (χ4n) is 6.96. The van der Waals surface area contributed by atoms with E-state index in [1.54, 1.807) is 4.90 Å². The molecule has 1 aromatic rings. The van der Waals surface area contributed by atoms with Crippen LogP contribution in [0.3, 0.4) is 0 Å². The van der Waals surface area contributed by atoms with Gasteiger partial charge in [0.15, 0.2) is 9.84 Å². The monoisotopic (exact) mass is 423 g/mol. The van der Waals surface area contributed by atoms with E-state index in [-0.39, 0.29) is 28.2 Å². The minimum atomic E-state index is -3.85. The van der Waals surface area contributed by atoms with E-state index in [0.717, 1.165) is 32.1 Å². The largest absolute Gasteiger partial charge is 0.390 e. The summed E-state index contributed by atoms with van der Waals surface area (Å²) >= 11 is 5.89. The molecule has 1 aliphatic heterocycles. The second kappa shape index (κ2) is 5.52. The van der Waals surface area contributed by atoms with E-state index in [0.29, 0.717) is 17.5 Å². The van der Waals surface area contributed by atoms with Crippen molar-refractivity contribution in [3.05, 3.63) is 29.3 Å². The predicted octanol–water partition coefficient (Wildman–Crippen LogP) is 3.04. The number of hydrogen-bond donors (Lipinski definition) is 1. The standard InChI is InChI=1S/C21H26ClNO4S/c1-19(2,28(26,27)16-5-3-15(22)4-6-16)18(24)23-12-20-8-13-7-14(17(20)23)10-21(25,9-13)11-20/h3-6,13-14,17,25H,7-12H2,1-2H3/t13?,14-,17+,20?,21+/m0/s1. The van der Waals surface area contributed by atoms with Crippen LogP contribution in [0.2, 0.25) is 5.02 Å². The van der Waals surface area contributed by atoms with E-state index < -0.39 is 20.2 Å². The Bertz CT molecular complexity index is 959. The number of likely N-dealkylation sites (tertiary alicyclic amines) is 1. The number of carbonyl (C=O) groups excluding carboxylic acids is 1. The minimum absolute atomic E-state index is 0.00535. The summed E-state index contributed by atoms with van der Waals surface area (Å²) in [5, 5.41) is 11.4. The Labute approximate surface area is 171 Å². The summed E-state index contributed by atoms with van der Waals surface area (Å²) in [6.45, 7) is 3.59. The van der Waals surface area contributed by atoms with Gasteiger partial charge >= 0.3 is 0 Å². The van der Waals surface area contributed by atoms with Crippen molar-refractivity contribution in [1.29, 1.82) is 0 Å². The molecular weight excluding hydrogens is 398 g/mol. The first-order chi connectivity index (χ1) is 13.0. The summed E-state index contributed by atoms with van der Waals surface area (Å²) < 4.78 is 24.9. The van der Waals surface area contributed by atoms with Gasteiger partial charge in [-0.3, -0.25) is 4.79 Å². The van der Waals surface area contributed by atoms with Crippen LogP contribution in [-0.2, 0) is 14.6 Å². The molecule has 152 valence electrons. The summed E-state index contributed by atoms with van der Waals surface area (Å²) in [4.78, 5) is 15.4. The van der Waals surface area contributed by atoms with Crippen LogP contribution in [0.5, 0.6) is 0 Å². The number of sulfone groups is 1. The van der Waals surface area contributed by atoms with Gasteiger partial charge in [-0.25, -0.2) is 8.42 Å². The molecular formula is C21H26ClNO4S. The molecule has 5 fully saturated rings. The molecule has 4 aliphatic carbocycles. The molecule has 1 saturated heterocycles. The first-order valence-corrected chi connectivity index (χ1v) is 11.9. The Morgan fingerprint density at radius 2 is 1.89 bits per heavy atom. The predicted molar refractivity (Wildman–Crippen MR) is 106 cm³/mol. The second-order valence-corrected chi connectivity index (χ2v) is 13.0. The molecule has 0 radical (unpaired) electrons. The van der Waals surface area contributed by atoms with Gasteiger partial charge in [-0.05, 0) is 82.1 Å². The van der Waals surface area contributed by atoms with E-state index in [1.807, 2.05) is 0 Å². The van der Waals surface area contributed by atoms with Crippen LogP contribution >= 0.6 is 11.6 Å². The molecule has 4 bridgehead atoms. The molecule has 0 aromatic heterocycles. The quantitative estimate of drug-likeness (QED) is 0.810. The van der Waals surface area contributed by atoms with E-state index in [9.17, 15) is 18.3 Å². The van der Waals surface area contributed by atoms with Gasteiger partial charge in [-0.2, -0.15) is 0 Å². The first kappa shape index (κ1) is 18.9. The normalized spacial score (nSPS) is 38.9. The number of amides is 1. The molecule has 1 spiro atoms. The maximum absolute atomic E-state index is 13.4. The Hall–Kier alpha value is -1.11. The summed E-state index contributed by atoms with van der Waals surface area (Å²) in [5.41, 5.74) is -0.572. The highest BCUT2D eigenvalue weighted by Crippen LogP contribution is 2.67. The topological polar surface area (TPSA) is 74.7 Å². The number of rotatable bonds is 3. The number of aliphatic hydroxyl groups is 1. The maximum Gasteiger partial charge on any atom is 0.244 e. The lowest BCUT2D eigenvalue weighted by Crippen LogP contribution is -2.79. The Balaban J connectivity index is 1.44. The molecule has 6 rings (SSSR count). The van der Waals surface area contributed by atoms with Gasteiger partial charge < -0.3 is 10.0 Å². The molecule has 5 atom stereocenters. The van der Waals surface area contributed by atoms with Crippen LogP contribution in [0.15, 0.2) is 29.2 Å². The fraction of sp³-hybridized carbons (Fsp3) is 0.667. The lowest BCUT2D eigenvalue weighted by molar-refractivity contribution is -0.255. The summed E-state index contributed by atoms with van der Waals surface area (Å²) in [6, 6.07) is 6.07. The van der Waals surface area contributed by atoms with Crippen LogP contribution < -0.4 is 0 Å². The number of halogens is 1. The Morgan fingerprint density at radius 1 is 1.21 bits per heavy atom. The molecule has 5 aliphatic rings. The zero-order valence-corrected chi connectivity index (χ0v) is 17.8. The Kier molecular flexibility index (Phi) is 3.73. The van der Waals surface area contributed by atoms with Crippen molar-refractivity contribution >= 4 is 27.3 Å². The molecule has 4 saturated carbocycles. The lowest BCUT2D eigenvalue weighted by atomic mass is 9.42. The third kappa shape index (κ3) is 2.34. The average molecular weight is 424 g/mol. The number of benzene rings is 1. The maximum atomic E-state index is 13.4. The number of carbonyl (C=O) groups is 1. The van der Waals surface area contributed by atoms with Gasteiger partial charge in [-0.15, -0.1) is 0 Å². The third-order valence-electron chi connectivity index (χ3n) is 7.79. The molecule has 2 unspecified atom stereocenters. The summed E-state index contributed by atoms with van der Waals surface area (Å²) in [7, 11) is -3.85. The Morgan fingerprint density at radius 3 is 2.50 bits per heavy atom. The van der Waals surface area contributed by atoms with Crippen LogP contribution in [-0.4, -0.2) is 47.3 Å². The van der Waals surface area contributed by atoms with E-state index >= 15 is 0 Å². The first-order valence-electron chi connectivity index (χ1n) is 10.0. The number of nitrogens with zero attached hydrogens (tertiary/aromatic N) is 1. The van der Waals surface area contributed by atoms with Gasteiger partial charge in [0.05, 0.1) is 10.5 Å². The van der Waals surface area contributed by atoms with Crippen molar-refractivity contribution in [1.82, 2.24) is 4.90 Å². The number of hydrogen-bond acceptors (Lipinski definition) is 4. The van der Waals surface area contributed by atoms with E-state index in [2.05, 4.69) is 0 Å². The van der Waals surface area contributed by atoms with Crippen LogP contribution in [0, 0.1) is 17.3 Å². The highest BCUT2D eigenvalue weighted by molar-refractivity contribution is 7.93. The minimum Gasteiger partial charge on any atom is -0.390 e. The smallest absolute Gasteiger partial charge is 0.244 e. The van der Waals surface area contributed by atoms with Crippen molar-refractivity contribution in [2.75, 3.05) is 6.54 Å². The molecule has 1 heterocycles. The highest BCUT2D eigenvalue weighted by atomic mass is 35.5. The van der Waals surface area contributed by atoms with Crippen LogP contribution in [0.25, 0.3) is 0 Å². The summed E-state index contributed by atoms with van der Waals surface area (Å²) in [5.74, 6) is 0.521. The van der Waals surface area contributed by atoms with Crippen molar-refractivity contribution in [2.24, 2.45) is 17.3 Å². The zero-order valence-electron chi connectivity index (χ0n) is 16.2. The molecule has 1 amide bonds. The van der Waals surface area contributed by atoms with Gasteiger partial charge in [0.25, 0.3) is 0 Å². The van der Waals surface area contributed by atoms with Crippen molar-refractivity contribution < 1.29 is 18.3 Å². The molecule has 1 N–H and O–H groups in total. The van der Waals surface area contributed by atoms with Crippen LogP contribution in [0.4, 0.5) is 0 Å². The van der Waals surface area contributed by atoms with Gasteiger partial charge in [-0.1, -0.05) is 11.6 Å². The average Bonchev–Trinajstić information content (AvgIpc) is 2.56. The van der Waals surface area contributed by atoms with Gasteiger partial charge in [0.2, 0.25) is 5.91 Å². The van der Waals surface area contributed by atoms with E-state index in [4.69, 9.17) is 11.6 Å². The molecule has 5 nitrogen and oxygen atoms in total. The van der Waals surface area contributed by atoms with Crippen LogP contribution in [0.1, 0.15) is 46.0 Å². The summed E-state index contributed by atoms with van der Waals surface area (Å²) in [6.07, 6.45) is 4.49. The molecule has 7 heteroatoms. The third-order valence-corrected chi connectivity index (χ3v) is 10.5. The highest BCUT2D eigenvalue weighted by Gasteiger charge is 2.70. The molecule has 28 heavy (non-hydrogen) atoms. The van der Waals surface area contributed by atoms with E-state index in [1.165, 1.54) is 38.1 Å². The van der Waals surface area contributed by atoms with Crippen molar-refractivity contribution in [3.63, 3.8) is 0 Å². The molecule has 1 aromatic carbocycles. The van der Waals surface area contributed by atoms with Gasteiger partial charge in [0.1, 0.15) is 4.75 Å². The van der Waals surface area contributed by atoms with Crippen molar-refractivity contribution in [2.45, 2.75) is 67.2 Å². The van der Waals surface area contributed by atoms with Crippen molar-refractivity contribution in [3.8, 4) is 0 Å². The zero-order chi connectivity index (χ0) is 20.1. The second-order valence-electron chi connectivity index (χ2n) is 10.1. The fourth-order valence-corrected chi connectivity index (χ4v) is 8.52. The SMILES string of the molecule is CC(C)(C(=O)N1CC23CC4C[C@@H](C[C@](O)(C4)C2)[C@@H]13)S(=O)(=O)c1ccc(Cl)cc1.